The van der Waals surface area contributed by atoms with E-state index in [2.05, 4.69) is 48.1 Å². The van der Waals surface area contributed by atoms with Gasteiger partial charge in [-0.15, -0.1) is 0 Å². The smallest absolute Gasteiger partial charge is 0.302 e. The van der Waals surface area contributed by atoms with Crippen LogP contribution in [0, 0.1) is 57.2 Å². The van der Waals surface area contributed by atoms with Gasteiger partial charge in [0.05, 0.1) is 6.61 Å². The maximum absolute atomic E-state index is 11.9. The van der Waals surface area contributed by atoms with Crippen LogP contribution in [0.2, 0.25) is 0 Å². The van der Waals surface area contributed by atoms with Crippen molar-refractivity contribution in [1.29, 1.82) is 0 Å². The minimum Gasteiger partial charge on any atom is -0.465 e. The largest absolute Gasteiger partial charge is 0.465 e. The highest BCUT2D eigenvalue weighted by molar-refractivity contribution is 5.65. The van der Waals surface area contributed by atoms with E-state index >= 15 is 0 Å². The highest BCUT2D eigenvalue weighted by atomic mass is 16.7. The van der Waals surface area contributed by atoms with E-state index in [4.69, 9.17) is 14.2 Å². The quantitative estimate of drug-likeness (QED) is 0.170. The molecule has 0 unspecified atom stereocenters. The van der Waals surface area contributed by atoms with E-state index in [1.54, 1.807) is 21.1 Å². The van der Waals surface area contributed by atoms with E-state index in [0.29, 0.717) is 47.0 Å². The van der Waals surface area contributed by atoms with Gasteiger partial charge in [-0.25, -0.2) is 0 Å². The Morgan fingerprint density at radius 2 is 1.61 bits per heavy atom. The number of hydrogen-bond donors (Lipinski definition) is 0. The fourth-order valence-corrected chi connectivity index (χ4v) is 11.3. The third-order valence-electron chi connectivity index (χ3n) is 13.4. The third kappa shape index (κ3) is 4.62. The topological polar surface area (TPSA) is 44.8 Å². The first kappa shape index (κ1) is 30.1. The molecule has 0 spiro atoms. The predicted molar refractivity (Wildman–Crippen MR) is 154 cm³/mol. The van der Waals surface area contributed by atoms with Crippen molar-refractivity contribution >= 4 is 5.97 Å². The number of carbonyl (C=O) groups excluding carboxylic acids is 1. The number of allylic oxidation sites excluding steroid dienone is 1. The Morgan fingerprint density at radius 3 is 2.18 bits per heavy atom. The number of ether oxygens (including phenoxy) is 3. The molecule has 0 aromatic rings. The second-order valence-corrected chi connectivity index (χ2v) is 15.1. The Bertz CT molecular complexity index is 878. The van der Waals surface area contributed by atoms with Crippen molar-refractivity contribution in [3.05, 3.63) is 12.2 Å². The molecule has 0 N–H and O–H groups in total. The van der Waals surface area contributed by atoms with E-state index in [9.17, 15) is 4.79 Å². The number of fused-ring (bicyclic) bond motifs is 5. The average molecular weight is 531 g/mol. The van der Waals surface area contributed by atoms with Crippen molar-refractivity contribution in [2.45, 2.75) is 119 Å². The van der Waals surface area contributed by atoms with Crippen molar-refractivity contribution in [2.24, 2.45) is 57.2 Å². The van der Waals surface area contributed by atoms with Gasteiger partial charge in [0.1, 0.15) is 0 Å². The van der Waals surface area contributed by atoms with Crippen LogP contribution in [0.25, 0.3) is 0 Å². The van der Waals surface area contributed by atoms with Gasteiger partial charge >= 0.3 is 5.97 Å². The number of methoxy groups -OCH3 is 2. The molecule has 0 bridgehead atoms. The van der Waals surface area contributed by atoms with Crippen LogP contribution in [0.4, 0.5) is 0 Å². The van der Waals surface area contributed by atoms with Gasteiger partial charge in [-0.05, 0) is 123 Å². The average Bonchev–Trinajstić information content (AvgIpc) is 3.24. The van der Waals surface area contributed by atoms with Gasteiger partial charge < -0.3 is 14.2 Å². The molecule has 4 saturated carbocycles. The molecule has 0 amide bonds. The Kier molecular flexibility index (Phi) is 8.59. The summed E-state index contributed by atoms with van der Waals surface area (Å²) in [6.07, 6.45) is 12.0. The number of carbonyl (C=O) groups is 1. The van der Waals surface area contributed by atoms with Crippen LogP contribution in [0.5, 0.6) is 0 Å². The number of rotatable bonds is 9. The zero-order valence-electron chi connectivity index (χ0n) is 26.2. The molecule has 0 aromatic heterocycles. The van der Waals surface area contributed by atoms with Crippen molar-refractivity contribution in [3.8, 4) is 0 Å². The van der Waals surface area contributed by atoms with Crippen molar-refractivity contribution < 1.29 is 19.0 Å². The lowest BCUT2D eigenvalue weighted by atomic mass is 9.34. The molecule has 0 aromatic carbocycles. The van der Waals surface area contributed by atoms with Gasteiger partial charge in [-0.3, -0.25) is 4.79 Å². The van der Waals surface area contributed by atoms with E-state index in [0.717, 1.165) is 18.8 Å². The summed E-state index contributed by atoms with van der Waals surface area (Å²) in [4.78, 5) is 11.9. The summed E-state index contributed by atoms with van der Waals surface area (Å²) in [5, 5.41) is 0. The van der Waals surface area contributed by atoms with Crippen molar-refractivity contribution in [3.63, 3.8) is 0 Å². The van der Waals surface area contributed by atoms with E-state index in [1.165, 1.54) is 56.9 Å². The Morgan fingerprint density at radius 1 is 0.921 bits per heavy atom. The first-order valence-corrected chi connectivity index (χ1v) is 15.6. The standard InChI is InChI=1S/C34H58O4/c1-22(2)25-13-18-34(21-38-24(5)35)20-19-32(7)27(30(25)34)11-12-28-31(6,16-15-29(36-9)37-10)26(23(3)4)14-17-33(28,32)8/h22,25-30H,3,11-21H2,1-2,4-10H3/t25-,26-,27+,28+,30+,31-,32+,33+,34+/m0/s1. The zero-order chi connectivity index (χ0) is 28.1. The number of hydrogen-bond acceptors (Lipinski definition) is 4. The summed E-state index contributed by atoms with van der Waals surface area (Å²) >= 11 is 0. The van der Waals surface area contributed by atoms with Crippen LogP contribution in [-0.2, 0) is 19.0 Å². The molecule has 0 saturated heterocycles. The summed E-state index contributed by atoms with van der Waals surface area (Å²) in [6, 6.07) is 0. The SMILES string of the molecule is C=C(C)[C@@H]1CC[C@]2(C)[C@H](CC[C@@H]3[C@H]4[C@H](C(C)C)CC[C@]4(COC(C)=O)CC[C@]32C)[C@@]1(C)CCC(OC)OC. The lowest BCUT2D eigenvalue weighted by Crippen LogP contribution is -2.64. The highest BCUT2D eigenvalue weighted by Gasteiger charge is 2.69. The minimum atomic E-state index is -0.139. The second kappa shape index (κ2) is 10.8. The fourth-order valence-electron chi connectivity index (χ4n) is 11.3. The molecule has 0 heterocycles. The molecule has 4 heteroatoms. The van der Waals surface area contributed by atoms with Crippen molar-refractivity contribution in [2.75, 3.05) is 20.8 Å². The molecule has 0 aliphatic heterocycles. The van der Waals surface area contributed by atoms with E-state index in [1.807, 2.05) is 0 Å². The molecular formula is C34H58O4. The molecule has 38 heavy (non-hydrogen) atoms. The van der Waals surface area contributed by atoms with Crippen LogP contribution < -0.4 is 0 Å². The van der Waals surface area contributed by atoms with Crippen LogP contribution in [0.15, 0.2) is 12.2 Å². The van der Waals surface area contributed by atoms with Crippen LogP contribution in [-0.4, -0.2) is 33.1 Å². The zero-order valence-corrected chi connectivity index (χ0v) is 26.2. The van der Waals surface area contributed by atoms with E-state index < -0.39 is 0 Å². The van der Waals surface area contributed by atoms with Gasteiger partial charge in [-0.2, -0.15) is 0 Å². The Balaban J connectivity index is 1.71. The van der Waals surface area contributed by atoms with Crippen molar-refractivity contribution in [1.82, 2.24) is 0 Å². The van der Waals surface area contributed by atoms with Gasteiger partial charge in [0.25, 0.3) is 0 Å². The molecule has 9 atom stereocenters. The first-order valence-electron chi connectivity index (χ1n) is 15.6. The second-order valence-electron chi connectivity index (χ2n) is 15.1. The first-order chi connectivity index (χ1) is 17.8. The lowest BCUT2D eigenvalue weighted by Gasteiger charge is -2.71. The van der Waals surface area contributed by atoms with Gasteiger partial charge in [0.15, 0.2) is 6.29 Å². The van der Waals surface area contributed by atoms with Gasteiger partial charge in [-0.1, -0.05) is 46.8 Å². The van der Waals surface area contributed by atoms with Crippen LogP contribution in [0.1, 0.15) is 113 Å². The summed E-state index contributed by atoms with van der Waals surface area (Å²) in [5.41, 5.74) is 2.33. The normalized spacial score (nSPS) is 44.4. The molecule has 4 aliphatic rings. The summed E-state index contributed by atoms with van der Waals surface area (Å²) in [5.74, 6) is 3.88. The predicted octanol–water partition coefficient (Wildman–Crippen LogP) is 8.44. The lowest BCUT2D eigenvalue weighted by molar-refractivity contribution is -0.225. The monoisotopic (exact) mass is 530 g/mol. The van der Waals surface area contributed by atoms with Crippen LogP contribution >= 0.6 is 0 Å². The molecule has 0 radical (unpaired) electrons. The molecule has 4 fully saturated rings. The molecule has 4 nitrogen and oxygen atoms in total. The minimum absolute atomic E-state index is 0.116. The Hall–Kier alpha value is -0.870. The molecule has 218 valence electrons. The number of esters is 1. The van der Waals surface area contributed by atoms with Crippen LogP contribution in [0.3, 0.4) is 0 Å². The Labute approximate surface area is 234 Å². The maximum atomic E-state index is 11.9. The molecule has 4 aliphatic carbocycles. The molecule has 4 rings (SSSR count). The summed E-state index contributed by atoms with van der Waals surface area (Å²) < 4.78 is 17.1. The van der Waals surface area contributed by atoms with Gasteiger partial charge in [0.2, 0.25) is 0 Å². The summed E-state index contributed by atoms with van der Waals surface area (Å²) in [6.45, 7) is 21.8. The van der Waals surface area contributed by atoms with Gasteiger partial charge in [0, 0.05) is 26.6 Å². The van der Waals surface area contributed by atoms with E-state index in [-0.39, 0.29) is 23.1 Å². The molecular weight excluding hydrogens is 472 g/mol. The highest BCUT2D eigenvalue weighted by Crippen LogP contribution is 2.76. The summed E-state index contributed by atoms with van der Waals surface area (Å²) in [7, 11) is 3.53. The maximum Gasteiger partial charge on any atom is 0.302 e. The third-order valence-corrected chi connectivity index (χ3v) is 13.4. The fraction of sp³-hybridized carbons (Fsp3) is 0.912.